The monoisotopic (exact) mass is 235 g/mol. The average molecular weight is 235 g/mol. The van der Waals surface area contributed by atoms with Gasteiger partial charge >= 0.3 is 11.9 Å². The standard InChI is InChI=1S/C12H13NO4/c1-2-3-8-17-12(15)10-7-5-4-6-9(10)11(14)13-16/h4-7H,2-3,8H2,1H3. The summed E-state index contributed by atoms with van der Waals surface area (Å²) in [7, 11) is 0. The van der Waals surface area contributed by atoms with Crippen LogP contribution in [0.25, 0.3) is 0 Å². The van der Waals surface area contributed by atoms with Crippen LogP contribution in [-0.4, -0.2) is 18.5 Å². The molecule has 0 radical (unpaired) electrons. The number of benzene rings is 1. The van der Waals surface area contributed by atoms with Gasteiger partial charge in [-0.1, -0.05) is 25.5 Å². The predicted molar refractivity (Wildman–Crippen MR) is 61.8 cm³/mol. The van der Waals surface area contributed by atoms with Gasteiger partial charge in [0.25, 0.3) is 0 Å². The summed E-state index contributed by atoms with van der Waals surface area (Å²) in [5, 5.41) is 2.30. The van der Waals surface area contributed by atoms with Gasteiger partial charge in [0, 0.05) is 5.18 Å². The highest BCUT2D eigenvalue weighted by atomic mass is 16.5. The van der Waals surface area contributed by atoms with Crippen molar-refractivity contribution in [3.63, 3.8) is 0 Å². The van der Waals surface area contributed by atoms with Crippen LogP contribution in [0.1, 0.15) is 40.5 Å². The lowest BCUT2D eigenvalue weighted by Crippen LogP contribution is -2.11. The van der Waals surface area contributed by atoms with Crippen molar-refractivity contribution in [1.29, 1.82) is 0 Å². The molecule has 0 aliphatic carbocycles. The molecular weight excluding hydrogens is 222 g/mol. The summed E-state index contributed by atoms with van der Waals surface area (Å²) in [5.41, 5.74) is 0.0530. The maximum atomic E-state index is 11.6. The first-order valence-electron chi connectivity index (χ1n) is 5.34. The van der Waals surface area contributed by atoms with Gasteiger partial charge in [0.05, 0.1) is 17.7 Å². The third-order valence-electron chi connectivity index (χ3n) is 2.19. The maximum absolute atomic E-state index is 11.6. The Balaban J connectivity index is 2.85. The summed E-state index contributed by atoms with van der Waals surface area (Å²) >= 11 is 0. The van der Waals surface area contributed by atoms with E-state index in [0.29, 0.717) is 6.61 Å². The Kier molecular flexibility index (Phi) is 5.00. The molecule has 0 unspecified atom stereocenters. The molecule has 17 heavy (non-hydrogen) atoms. The molecule has 0 fully saturated rings. The number of carbonyl (C=O) groups excluding carboxylic acids is 2. The van der Waals surface area contributed by atoms with Crippen LogP contribution in [0.15, 0.2) is 29.4 Å². The Bertz CT molecular complexity index is 428. The van der Waals surface area contributed by atoms with Gasteiger partial charge in [-0.25, -0.2) is 4.79 Å². The van der Waals surface area contributed by atoms with Crippen molar-refractivity contribution < 1.29 is 14.3 Å². The van der Waals surface area contributed by atoms with E-state index in [0.717, 1.165) is 12.8 Å². The molecule has 0 saturated heterocycles. The molecule has 0 atom stereocenters. The number of hydrogen-bond donors (Lipinski definition) is 0. The molecule has 1 aromatic rings. The minimum Gasteiger partial charge on any atom is -0.462 e. The second kappa shape index (κ2) is 6.52. The number of amides is 1. The molecular formula is C12H13NO4. The third-order valence-corrected chi connectivity index (χ3v) is 2.19. The predicted octanol–water partition coefficient (Wildman–Crippen LogP) is 2.55. The summed E-state index contributed by atoms with van der Waals surface area (Å²) in [4.78, 5) is 33.0. The first-order valence-corrected chi connectivity index (χ1v) is 5.34. The van der Waals surface area contributed by atoms with Crippen molar-refractivity contribution in [2.45, 2.75) is 19.8 Å². The molecule has 0 spiro atoms. The molecule has 0 saturated carbocycles. The number of rotatable bonds is 5. The van der Waals surface area contributed by atoms with E-state index in [1.165, 1.54) is 12.1 Å². The van der Waals surface area contributed by atoms with Crippen molar-refractivity contribution >= 4 is 11.9 Å². The highest BCUT2D eigenvalue weighted by Crippen LogP contribution is 2.12. The fourth-order valence-electron chi connectivity index (χ4n) is 1.28. The summed E-state index contributed by atoms with van der Waals surface area (Å²) in [6.07, 6.45) is 1.66. The van der Waals surface area contributed by atoms with Crippen molar-refractivity contribution in [3.05, 3.63) is 40.3 Å². The fraction of sp³-hybridized carbons (Fsp3) is 0.333. The van der Waals surface area contributed by atoms with Crippen molar-refractivity contribution in [3.8, 4) is 0 Å². The second-order valence-corrected chi connectivity index (χ2v) is 3.43. The summed E-state index contributed by atoms with van der Waals surface area (Å²) in [6.45, 7) is 2.27. The number of nitrogens with zero attached hydrogens (tertiary/aromatic N) is 1. The van der Waals surface area contributed by atoms with Crippen molar-refractivity contribution in [2.24, 2.45) is 5.18 Å². The van der Waals surface area contributed by atoms with Gasteiger partial charge in [-0.15, -0.1) is 4.91 Å². The van der Waals surface area contributed by atoms with E-state index in [1.54, 1.807) is 12.1 Å². The number of unbranched alkanes of at least 4 members (excludes halogenated alkanes) is 1. The van der Waals surface area contributed by atoms with Crippen LogP contribution < -0.4 is 0 Å². The van der Waals surface area contributed by atoms with Gasteiger partial charge in [0.15, 0.2) is 0 Å². The molecule has 0 aromatic heterocycles. The Morgan fingerprint density at radius 3 is 2.47 bits per heavy atom. The van der Waals surface area contributed by atoms with Crippen LogP contribution in [0.2, 0.25) is 0 Å². The largest absolute Gasteiger partial charge is 0.462 e. The minimum absolute atomic E-state index is 0.0241. The maximum Gasteiger partial charge on any atom is 0.338 e. The van der Waals surface area contributed by atoms with E-state index < -0.39 is 11.9 Å². The lowest BCUT2D eigenvalue weighted by atomic mass is 10.1. The zero-order chi connectivity index (χ0) is 12.7. The highest BCUT2D eigenvalue weighted by molar-refractivity contribution is 6.05. The van der Waals surface area contributed by atoms with E-state index in [4.69, 9.17) is 4.74 Å². The Morgan fingerprint density at radius 1 is 1.24 bits per heavy atom. The molecule has 5 nitrogen and oxygen atoms in total. The smallest absolute Gasteiger partial charge is 0.338 e. The molecule has 0 N–H and O–H groups in total. The zero-order valence-corrected chi connectivity index (χ0v) is 9.51. The quantitative estimate of drug-likeness (QED) is 0.446. The molecule has 0 heterocycles. The van der Waals surface area contributed by atoms with Crippen LogP contribution in [0, 0.1) is 4.91 Å². The van der Waals surface area contributed by atoms with Gasteiger partial charge in [0.1, 0.15) is 0 Å². The van der Waals surface area contributed by atoms with Crippen LogP contribution in [0.4, 0.5) is 0 Å². The number of carbonyl (C=O) groups is 2. The van der Waals surface area contributed by atoms with E-state index in [-0.39, 0.29) is 11.1 Å². The van der Waals surface area contributed by atoms with Crippen LogP contribution in [-0.2, 0) is 4.74 Å². The van der Waals surface area contributed by atoms with Crippen LogP contribution >= 0.6 is 0 Å². The molecule has 1 aromatic carbocycles. The Labute approximate surface area is 98.8 Å². The van der Waals surface area contributed by atoms with E-state index in [1.807, 2.05) is 6.92 Å². The molecule has 90 valence electrons. The molecule has 0 aliphatic rings. The first kappa shape index (κ1) is 13.0. The number of hydrogen-bond acceptors (Lipinski definition) is 4. The van der Waals surface area contributed by atoms with Gasteiger partial charge in [-0.05, 0) is 18.6 Å². The van der Waals surface area contributed by atoms with Gasteiger partial charge in [0.2, 0.25) is 0 Å². The van der Waals surface area contributed by atoms with E-state index in [2.05, 4.69) is 5.18 Å². The Hall–Kier alpha value is -2.04. The van der Waals surface area contributed by atoms with Gasteiger partial charge in [-0.2, -0.15) is 0 Å². The van der Waals surface area contributed by atoms with Crippen molar-refractivity contribution in [1.82, 2.24) is 0 Å². The highest BCUT2D eigenvalue weighted by Gasteiger charge is 2.17. The van der Waals surface area contributed by atoms with Gasteiger partial charge in [-0.3, -0.25) is 4.79 Å². The number of nitroso groups, excluding NO2 is 1. The summed E-state index contributed by atoms with van der Waals surface area (Å²) in [6, 6.07) is 5.96. The Morgan fingerprint density at radius 2 is 1.88 bits per heavy atom. The molecule has 0 aliphatic heterocycles. The van der Waals surface area contributed by atoms with Crippen LogP contribution in [0.3, 0.4) is 0 Å². The van der Waals surface area contributed by atoms with E-state index in [9.17, 15) is 14.5 Å². The molecule has 0 bridgehead atoms. The SMILES string of the molecule is CCCCOC(=O)c1ccccc1C(=O)N=O. The normalized spacial score (nSPS) is 9.71. The average Bonchev–Trinajstić information content (AvgIpc) is 2.38. The summed E-state index contributed by atoms with van der Waals surface area (Å²) in [5.74, 6) is -1.57. The molecule has 5 heteroatoms. The lowest BCUT2D eigenvalue weighted by Gasteiger charge is -2.06. The van der Waals surface area contributed by atoms with Gasteiger partial charge < -0.3 is 4.74 Å². The fourth-order valence-corrected chi connectivity index (χ4v) is 1.28. The minimum atomic E-state index is -0.965. The number of ether oxygens (including phenoxy) is 1. The second-order valence-electron chi connectivity index (χ2n) is 3.43. The molecule has 1 amide bonds. The molecule has 1 rings (SSSR count). The summed E-state index contributed by atoms with van der Waals surface area (Å²) < 4.78 is 4.97. The zero-order valence-electron chi connectivity index (χ0n) is 9.51. The lowest BCUT2D eigenvalue weighted by molar-refractivity contribution is 0.0496. The first-order chi connectivity index (χ1) is 8.20. The van der Waals surface area contributed by atoms with Crippen LogP contribution in [0.5, 0.6) is 0 Å². The topological polar surface area (TPSA) is 72.8 Å². The third kappa shape index (κ3) is 3.48. The van der Waals surface area contributed by atoms with Crippen molar-refractivity contribution in [2.75, 3.05) is 6.61 Å². The number of esters is 1. The van der Waals surface area contributed by atoms with E-state index >= 15 is 0 Å².